The van der Waals surface area contributed by atoms with Gasteiger partial charge in [0.05, 0.1) is 19.3 Å². The second-order valence-electron chi connectivity index (χ2n) is 5.37. The smallest absolute Gasteiger partial charge is 0.180 e. The fourth-order valence-electron chi connectivity index (χ4n) is 2.29. The Morgan fingerprint density at radius 3 is 3.00 bits per heavy atom. The second kappa shape index (κ2) is 7.56. The summed E-state index contributed by atoms with van der Waals surface area (Å²) in [6.07, 6.45) is 4.75. The summed E-state index contributed by atoms with van der Waals surface area (Å²) < 4.78 is 11.5. The average molecular weight is 320 g/mol. The van der Waals surface area contributed by atoms with Gasteiger partial charge in [0.2, 0.25) is 0 Å². The molecule has 2 fully saturated rings. The summed E-state index contributed by atoms with van der Waals surface area (Å²) in [5.74, 6) is 0.819. The molecule has 20 heavy (non-hydrogen) atoms. The van der Waals surface area contributed by atoms with E-state index in [4.69, 9.17) is 15.2 Å². The van der Waals surface area contributed by atoms with Gasteiger partial charge in [-0.3, -0.25) is 4.90 Å². The average Bonchev–Trinajstić information content (AvgIpc) is 3.13. The molecule has 2 N–H and O–H groups in total. The van der Waals surface area contributed by atoms with E-state index < -0.39 is 0 Å². The molecule has 1 saturated carbocycles. The Morgan fingerprint density at radius 2 is 2.30 bits per heavy atom. The summed E-state index contributed by atoms with van der Waals surface area (Å²) in [5, 5.41) is 0.646. The lowest BCUT2D eigenvalue weighted by Crippen LogP contribution is -2.43. The lowest BCUT2D eigenvalue weighted by molar-refractivity contribution is -0.0721. The molecule has 1 saturated heterocycles. The van der Waals surface area contributed by atoms with Crippen molar-refractivity contribution in [2.24, 2.45) is 5.92 Å². The van der Waals surface area contributed by atoms with Crippen LogP contribution in [0.1, 0.15) is 17.7 Å². The first-order valence-corrected chi connectivity index (χ1v) is 7.73. The van der Waals surface area contributed by atoms with Crippen molar-refractivity contribution < 1.29 is 9.47 Å². The third-order valence-corrected chi connectivity index (χ3v) is 4.34. The van der Waals surface area contributed by atoms with E-state index in [2.05, 4.69) is 9.88 Å². The number of anilines is 1. The van der Waals surface area contributed by atoms with Gasteiger partial charge in [0.25, 0.3) is 0 Å². The van der Waals surface area contributed by atoms with E-state index in [0.717, 1.165) is 45.4 Å². The highest BCUT2D eigenvalue weighted by Gasteiger charge is 2.24. The number of nitrogen functional groups attached to an aromatic ring is 1. The third-order valence-electron chi connectivity index (χ3n) is 3.53. The molecule has 1 aliphatic carbocycles. The zero-order chi connectivity index (χ0) is 13.1. The third kappa shape index (κ3) is 4.86. The van der Waals surface area contributed by atoms with Crippen LogP contribution in [-0.2, 0) is 16.0 Å². The van der Waals surface area contributed by atoms with Gasteiger partial charge in [-0.25, -0.2) is 4.98 Å². The molecule has 114 valence electrons. The Kier molecular flexibility index (Phi) is 6.04. The largest absolute Gasteiger partial charge is 0.378 e. The van der Waals surface area contributed by atoms with Crippen LogP contribution in [-0.4, -0.2) is 48.9 Å². The summed E-state index contributed by atoms with van der Waals surface area (Å²) >= 11 is 1.57. The maximum absolute atomic E-state index is 5.75. The zero-order valence-electron chi connectivity index (χ0n) is 11.5. The van der Waals surface area contributed by atoms with Crippen LogP contribution in [0.5, 0.6) is 0 Å². The van der Waals surface area contributed by atoms with Crippen molar-refractivity contribution in [2.45, 2.75) is 25.5 Å². The predicted molar refractivity (Wildman–Crippen MR) is 82.3 cm³/mol. The Bertz CT molecular complexity index is 414. The van der Waals surface area contributed by atoms with Gasteiger partial charge in [-0.05, 0) is 18.8 Å². The van der Waals surface area contributed by atoms with Crippen LogP contribution in [0.3, 0.4) is 0 Å². The van der Waals surface area contributed by atoms with Crippen molar-refractivity contribution in [1.29, 1.82) is 0 Å². The molecule has 0 bridgehead atoms. The molecule has 1 aromatic heterocycles. The highest BCUT2D eigenvalue weighted by atomic mass is 35.5. The van der Waals surface area contributed by atoms with Crippen molar-refractivity contribution >= 4 is 28.9 Å². The van der Waals surface area contributed by atoms with Crippen LogP contribution >= 0.6 is 23.7 Å². The number of aromatic nitrogens is 1. The van der Waals surface area contributed by atoms with Crippen LogP contribution in [0.4, 0.5) is 5.13 Å². The first kappa shape index (κ1) is 16.0. The number of nitrogens with two attached hydrogens (primary N) is 1. The molecule has 2 aliphatic rings. The first-order valence-electron chi connectivity index (χ1n) is 6.91. The first-order chi connectivity index (χ1) is 9.29. The molecule has 1 aromatic rings. The van der Waals surface area contributed by atoms with Crippen LogP contribution in [0.15, 0.2) is 6.20 Å². The fourth-order valence-corrected chi connectivity index (χ4v) is 3.02. The van der Waals surface area contributed by atoms with Gasteiger partial charge in [-0.15, -0.1) is 23.7 Å². The number of halogens is 1. The normalized spacial score (nSPS) is 23.5. The molecular formula is C13H22ClN3O2S. The van der Waals surface area contributed by atoms with E-state index in [0.29, 0.717) is 5.13 Å². The highest BCUT2D eigenvalue weighted by molar-refractivity contribution is 7.15. The number of thiazole rings is 1. The number of morpholine rings is 1. The lowest BCUT2D eigenvalue weighted by atomic mass is 10.3. The minimum absolute atomic E-state index is 0. The summed E-state index contributed by atoms with van der Waals surface area (Å²) in [6.45, 7) is 5.23. The van der Waals surface area contributed by atoms with Crippen LogP contribution in [0.25, 0.3) is 0 Å². The standard InChI is InChI=1S/C13H21N3O2S.ClH/c14-13-15-5-12(19-13)7-16-3-4-18-11(6-16)9-17-8-10-1-2-10;/h5,10-11H,1-4,6-9H2,(H2,14,15);1H. The van der Waals surface area contributed by atoms with E-state index in [1.807, 2.05) is 6.20 Å². The minimum atomic E-state index is 0. The van der Waals surface area contributed by atoms with E-state index in [-0.39, 0.29) is 18.5 Å². The monoisotopic (exact) mass is 319 g/mol. The summed E-state index contributed by atoms with van der Waals surface area (Å²) in [5.41, 5.74) is 5.66. The summed E-state index contributed by atoms with van der Waals surface area (Å²) in [6, 6.07) is 0. The molecule has 3 rings (SSSR count). The van der Waals surface area contributed by atoms with Crippen LogP contribution < -0.4 is 5.73 Å². The number of hydrogen-bond acceptors (Lipinski definition) is 6. The summed E-state index contributed by atoms with van der Waals surface area (Å²) in [4.78, 5) is 7.70. The van der Waals surface area contributed by atoms with Gasteiger partial charge in [0.1, 0.15) is 0 Å². The van der Waals surface area contributed by atoms with Gasteiger partial charge in [0, 0.05) is 37.3 Å². The zero-order valence-corrected chi connectivity index (χ0v) is 13.1. The Morgan fingerprint density at radius 1 is 1.45 bits per heavy atom. The molecule has 0 radical (unpaired) electrons. The molecule has 0 spiro atoms. The SMILES string of the molecule is Cl.Nc1ncc(CN2CCOC(COCC3CC3)C2)s1. The van der Waals surface area contributed by atoms with E-state index in [1.165, 1.54) is 17.7 Å². The number of rotatable bonds is 6. The predicted octanol–water partition coefficient (Wildman–Crippen LogP) is 1.77. The van der Waals surface area contributed by atoms with E-state index in [1.54, 1.807) is 11.3 Å². The Hall–Kier alpha value is -0.400. The Balaban J connectivity index is 0.00000147. The van der Waals surface area contributed by atoms with E-state index >= 15 is 0 Å². The van der Waals surface area contributed by atoms with Gasteiger partial charge >= 0.3 is 0 Å². The van der Waals surface area contributed by atoms with Crippen molar-refractivity contribution in [1.82, 2.24) is 9.88 Å². The molecule has 7 heteroatoms. The van der Waals surface area contributed by atoms with Crippen molar-refractivity contribution in [3.63, 3.8) is 0 Å². The topological polar surface area (TPSA) is 60.6 Å². The van der Waals surface area contributed by atoms with Crippen LogP contribution in [0.2, 0.25) is 0 Å². The highest BCUT2D eigenvalue weighted by Crippen LogP contribution is 2.28. The maximum Gasteiger partial charge on any atom is 0.180 e. The minimum Gasteiger partial charge on any atom is -0.378 e. The molecule has 0 amide bonds. The molecule has 1 atom stereocenters. The fraction of sp³-hybridized carbons (Fsp3) is 0.769. The summed E-state index contributed by atoms with van der Waals surface area (Å²) in [7, 11) is 0. The molecule has 5 nitrogen and oxygen atoms in total. The van der Waals surface area contributed by atoms with Gasteiger partial charge in [0.15, 0.2) is 5.13 Å². The van der Waals surface area contributed by atoms with Crippen LogP contribution in [0, 0.1) is 5.92 Å². The molecule has 1 unspecified atom stereocenters. The second-order valence-corrected chi connectivity index (χ2v) is 6.52. The van der Waals surface area contributed by atoms with Gasteiger partial charge in [-0.1, -0.05) is 0 Å². The van der Waals surface area contributed by atoms with E-state index in [9.17, 15) is 0 Å². The van der Waals surface area contributed by atoms with Crippen molar-refractivity contribution in [2.75, 3.05) is 38.6 Å². The quantitative estimate of drug-likeness (QED) is 0.866. The molecular weight excluding hydrogens is 298 g/mol. The number of hydrogen-bond donors (Lipinski definition) is 1. The maximum atomic E-state index is 5.75. The van der Waals surface area contributed by atoms with Crippen molar-refractivity contribution in [3.8, 4) is 0 Å². The Labute approximate surface area is 129 Å². The lowest BCUT2D eigenvalue weighted by Gasteiger charge is -2.32. The number of ether oxygens (including phenoxy) is 2. The molecule has 0 aromatic carbocycles. The molecule has 2 heterocycles. The van der Waals surface area contributed by atoms with Crippen molar-refractivity contribution in [3.05, 3.63) is 11.1 Å². The van der Waals surface area contributed by atoms with Gasteiger partial charge in [-0.2, -0.15) is 0 Å². The number of nitrogens with zero attached hydrogens (tertiary/aromatic N) is 2. The molecule has 1 aliphatic heterocycles. The van der Waals surface area contributed by atoms with Gasteiger partial charge < -0.3 is 15.2 Å².